The maximum atomic E-state index is 13.2. The van der Waals surface area contributed by atoms with E-state index in [0.29, 0.717) is 42.7 Å². The van der Waals surface area contributed by atoms with Crippen LogP contribution in [0.4, 0.5) is 11.6 Å². The zero-order valence-electron chi connectivity index (χ0n) is 18.3. The van der Waals surface area contributed by atoms with Crippen LogP contribution in [-0.4, -0.2) is 50.8 Å². The van der Waals surface area contributed by atoms with E-state index >= 15 is 0 Å². The SMILES string of the molecule is COCCNc1cnc(NC(=O)C(CC2CCCC2)c2ccc(S(C)(=O)=O)c(Cl)c2)cn1. The average molecular weight is 481 g/mol. The molecule has 0 aliphatic heterocycles. The number of halogens is 1. The monoisotopic (exact) mass is 480 g/mol. The molecule has 1 saturated carbocycles. The smallest absolute Gasteiger partial charge is 0.233 e. The number of nitrogens with zero attached hydrogens (tertiary/aromatic N) is 2. The highest BCUT2D eigenvalue weighted by molar-refractivity contribution is 7.90. The minimum Gasteiger partial charge on any atom is -0.383 e. The maximum absolute atomic E-state index is 13.2. The number of aromatic nitrogens is 2. The Kier molecular flexibility index (Phi) is 8.44. The van der Waals surface area contributed by atoms with E-state index in [4.69, 9.17) is 16.3 Å². The van der Waals surface area contributed by atoms with Crippen molar-refractivity contribution in [2.75, 3.05) is 37.2 Å². The van der Waals surface area contributed by atoms with Gasteiger partial charge in [-0.1, -0.05) is 43.4 Å². The van der Waals surface area contributed by atoms with Gasteiger partial charge in [0.15, 0.2) is 15.7 Å². The third-order valence-corrected chi connectivity index (χ3v) is 7.21. The van der Waals surface area contributed by atoms with Gasteiger partial charge in [-0.05, 0) is 30.0 Å². The highest BCUT2D eigenvalue weighted by Crippen LogP contribution is 2.36. The van der Waals surface area contributed by atoms with E-state index in [9.17, 15) is 13.2 Å². The number of nitrogens with one attached hydrogen (secondary N) is 2. The Hall–Kier alpha value is -2.23. The Bertz CT molecular complexity index is 1020. The van der Waals surface area contributed by atoms with Crippen molar-refractivity contribution in [1.82, 2.24) is 9.97 Å². The van der Waals surface area contributed by atoms with Gasteiger partial charge in [0, 0.05) is 19.9 Å². The maximum Gasteiger partial charge on any atom is 0.233 e. The molecular weight excluding hydrogens is 452 g/mol. The molecule has 1 fully saturated rings. The number of hydrogen-bond acceptors (Lipinski definition) is 7. The Labute approximate surface area is 194 Å². The Morgan fingerprint density at radius 2 is 1.91 bits per heavy atom. The molecule has 1 heterocycles. The topological polar surface area (TPSA) is 110 Å². The molecule has 174 valence electrons. The first-order valence-corrected chi connectivity index (χ1v) is 12.9. The Balaban J connectivity index is 1.78. The molecule has 1 aromatic heterocycles. The molecule has 1 unspecified atom stereocenters. The summed E-state index contributed by atoms with van der Waals surface area (Å²) in [7, 11) is -1.82. The molecule has 8 nitrogen and oxygen atoms in total. The molecule has 10 heteroatoms. The lowest BCUT2D eigenvalue weighted by Gasteiger charge is -2.21. The standard InChI is InChI=1S/C22H29ClN4O4S/c1-31-10-9-24-20-13-26-21(14-25-20)27-22(28)17(11-15-5-3-4-6-15)16-7-8-19(18(23)12-16)32(2,29)30/h7-8,12-15,17H,3-6,9-11H2,1-2H3,(H,24,25)(H,26,27,28). The predicted molar refractivity (Wildman–Crippen MR) is 125 cm³/mol. The van der Waals surface area contributed by atoms with E-state index in [1.807, 2.05) is 0 Å². The molecule has 2 aromatic rings. The second kappa shape index (κ2) is 11.1. The highest BCUT2D eigenvalue weighted by Gasteiger charge is 2.28. The van der Waals surface area contributed by atoms with Gasteiger partial charge in [0.1, 0.15) is 5.82 Å². The molecule has 0 spiro atoms. The number of amides is 1. The van der Waals surface area contributed by atoms with Crippen LogP contribution in [0.1, 0.15) is 43.6 Å². The van der Waals surface area contributed by atoms with Crippen molar-refractivity contribution < 1.29 is 17.9 Å². The van der Waals surface area contributed by atoms with Gasteiger partial charge in [-0.3, -0.25) is 4.79 Å². The molecule has 1 amide bonds. The zero-order chi connectivity index (χ0) is 23.1. The summed E-state index contributed by atoms with van der Waals surface area (Å²) in [6.45, 7) is 1.15. The number of carbonyl (C=O) groups is 1. The summed E-state index contributed by atoms with van der Waals surface area (Å²) in [6.07, 6.45) is 9.33. The van der Waals surface area contributed by atoms with Gasteiger partial charge in [-0.2, -0.15) is 0 Å². The zero-order valence-corrected chi connectivity index (χ0v) is 19.9. The van der Waals surface area contributed by atoms with Crippen molar-refractivity contribution in [3.63, 3.8) is 0 Å². The predicted octanol–water partition coefficient (Wildman–Crippen LogP) is 3.89. The molecule has 1 aromatic carbocycles. The Morgan fingerprint density at radius 3 is 2.50 bits per heavy atom. The molecule has 1 aliphatic carbocycles. The third kappa shape index (κ3) is 6.63. The summed E-state index contributed by atoms with van der Waals surface area (Å²) < 4.78 is 28.8. The third-order valence-electron chi connectivity index (χ3n) is 5.63. The largest absolute Gasteiger partial charge is 0.383 e. The van der Waals surface area contributed by atoms with Gasteiger partial charge in [0.25, 0.3) is 0 Å². The molecule has 3 rings (SSSR count). The van der Waals surface area contributed by atoms with E-state index in [2.05, 4.69) is 20.6 Å². The first-order valence-electron chi connectivity index (χ1n) is 10.6. The second-order valence-corrected chi connectivity index (χ2v) is 10.5. The summed E-state index contributed by atoms with van der Waals surface area (Å²) in [5.41, 5.74) is 0.692. The van der Waals surface area contributed by atoms with Gasteiger partial charge in [0.2, 0.25) is 5.91 Å². The second-order valence-electron chi connectivity index (χ2n) is 8.10. The number of rotatable bonds is 10. The van der Waals surface area contributed by atoms with Crippen LogP contribution in [0.15, 0.2) is 35.5 Å². The first-order chi connectivity index (χ1) is 15.3. The lowest BCUT2D eigenvalue weighted by Crippen LogP contribution is -2.24. The van der Waals surface area contributed by atoms with E-state index < -0.39 is 15.8 Å². The number of methoxy groups -OCH3 is 1. The van der Waals surface area contributed by atoms with Gasteiger partial charge < -0.3 is 15.4 Å². The summed E-state index contributed by atoms with van der Waals surface area (Å²) in [6, 6.07) is 4.74. The van der Waals surface area contributed by atoms with Crippen molar-refractivity contribution in [1.29, 1.82) is 0 Å². The van der Waals surface area contributed by atoms with E-state index in [0.717, 1.165) is 31.9 Å². The van der Waals surface area contributed by atoms with Crippen molar-refractivity contribution >= 4 is 39.0 Å². The molecular formula is C22H29ClN4O4S. The lowest BCUT2D eigenvalue weighted by atomic mass is 9.87. The summed E-state index contributed by atoms with van der Waals surface area (Å²) >= 11 is 6.26. The number of carbonyl (C=O) groups excluding carboxylic acids is 1. The van der Waals surface area contributed by atoms with E-state index in [1.165, 1.54) is 12.3 Å². The van der Waals surface area contributed by atoms with Crippen LogP contribution in [-0.2, 0) is 19.4 Å². The van der Waals surface area contributed by atoms with Crippen molar-refractivity contribution in [2.45, 2.75) is 42.9 Å². The fourth-order valence-corrected chi connectivity index (χ4v) is 5.32. The highest BCUT2D eigenvalue weighted by atomic mass is 35.5. The fourth-order valence-electron chi connectivity index (χ4n) is 3.99. The van der Waals surface area contributed by atoms with Gasteiger partial charge in [0.05, 0.1) is 34.8 Å². The van der Waals surface area contributed by atoms with Crippen LogP contribution in [0.2, 0.25) is 5.02 Å². The lowest BCUT2D eigenvalue weighted by molar-refractivity contribution is -0.118. The van der Waals surface area contributed by atoms with E-state index in [-0.39, 0.29) is 15.8 Å². The minimum absolute atomic E-state index is 0.0605. The fraction of sp³-hybridized carbons (Fsp3) is 0.500. The van der Waals surface area contributed by atoms with Gasteiger partial charge in [-0.15, -0.1) is 0 Å². The normalized spacial score (nSPS) is 15.5. The molecule has 0 saturated heterocycles. The first kappa shape index (κ1) is 24.4. The molecule has 32 heavy (non-hydrogen) atoms. The van der Waals surface area contributed by atoms with E-state index in [1.54, 1.807) is 25.4 Å². The molecule has 0 bridgehead atoms. The van der Waals surface area contributed by atoms with Crippen molar-refractivity contribution in [2.24, 2.45) is 5.92 Å². The molecule has 1 aliphatic rings. The summed E-state index contributed by atoms with van der Waals surface area (Å²) in [5.74, 6) is 0.700. The van der Waals surface area contributed by atoms with Crippen LogP contribution in [0.5, 0.6) is 0 Å². The summed E-state index contributed by atoms with van der Waals surface area (Å²) in [4.78, 5) is 21.8. The number of benzene rings is 1. The minimum atomic E-state index is -3.44. The van der Waals surface area contributed by atoms with Crippen LogP contribution < -0.4 is 10.6 Å². The molecule has 2 N–H and O–H groups in total. The molecule has 1 atom stereocenters. The van der Waals surface area contributed by atoms with Crippen molar-refractivity contribution in [3.8, 4) is 0 Å². The summed E-state index contributed by atoms with van der Waals surface area (Å²) in [5, 5.41) is 6.04. The van der Waals surface area contributed by atoms with Crippen LogP contribution in [0, 0.1) is 5.92 Å². The van der Waals surface area contributed by atoms with Gasteiger partial charge in [-0.25, -0.2) is 18.4 Å². The molecule has 0 radical (unpaired) electrons. The van der Waals surface area contributed by atoms with Crippen LogP contribution in [0.3, 0.4) is 0 Å². The number of hydrogen-bond donors (Lipinski definition) is 2. The number of anilines is 2. The quantitative estimate of drug-likeness (QED) is 0.496. The van der Waals surface area contributed by atoms with Gasteiger partial charge >= 0.3 is 0 Å². The average Bonchev–Trinajstić information content (AvgIpc) is 3.26. The number of sulfone groups is 1. The van der Waals surface area contributed by atoms with Crippen molar-refractivity contribution in [3.05, 3.63) is 41.2 Å². The number of ether oxygens (including phenoxy) is 1. The Morgan fingerprint density at radius 1 is 1.22 bits per heavy atom. The van der Waals surface area contributed by atoms with Crippen LogP contribution >= 0.6 is 11.6 Å². The van der Waals surface area contributed by atoms with Crippen LogP contribution in [0.25, 0.3) is 0 Å².